The molecule has 30 heavy (non-hydrogen) atoms. The Morgan fingerprint density at radius 2 is 1.60 bits per heavy atom. The van der Waals surface area contributed by atoms with E-state index in [0.29, 0.717) is 11.3 Å². The molecular formula is C24H24N2O4. The molecule has 0 spiro atoms. The van der Waals surface area contributed by atoms with Crippen molar-refractivity contribution < 1.29 is 19.1 Å². The van der Waals surface area contributed by atoms with Crippen LogP contribution in [-0.2, 0) is 14.3 Å². The molecule has 0 saturated heterocycles. The van der Waals surface area contributed by atoms with E-state index in [1.165, 1.54) is 13.8 Å². The zero-order valence-electron chi connectivity index (χ0n) is 17.1. The van der Waals surface area contributed by atoms with Crippen LogP contribution in [0.1, 0.15) is 29.8 Å². The van der Waals surface area contributed by atoms with Gasteiger partial charge in [-0.1, -0.05) is 48.0 Å². The number of benzene rings is 3. The summed E-state index contributed by atoms with van der Waals surface area (Å²) in [5.41, 5.74) is 2.01. The fraction of sp³-hybridized carbons (Fsp3) is 0.208. The number of hydrogen-bond acceptors (Lipinski definition) is 4. The van der Waals surface area contributed by atoms with Crippen molar-refractivity contribution >= 4 is 34.2 Å². The fourth-order valence-corrected chi connectivity index (χ4v) is 2.97. The molecule has 2 amide bonds. The summed E-state index contributed by atoms with van der Waals surface area (Å²) in [7, 11) is 0. The van der Waals surface area contributed by atoms with Gasteiger partial charge in [-0.25, -0.2) is 4.79 Å². The van der Waals surface area contributed by atoms with E-state index in [4.69, 9.17) is 4.74 Å². The van der Waals surface area contributed by atoms with E-state index in [2.05, 4.69) is 10.6 Å². The summed E-state index contributed by atoms with van der Waals surface area (Å²) < 4.78 is 5.23. The lowest BCUT2D eigenvalue weighted by atomic mass is 10.1. The van der Waals surface area contributed by atoms with Crippen molar-refractivity contribution in [3.05, 3.63) is 77.9 Å². The van der Waals surface area contributed by atoms with E-state index in [9.17, 15) is 14.4 Å². The van der Waals surface area contributed by atoms with Gasteiger partial charge in [0.1, 0.15) is 6.04 Å². The van der Waals surface area contributed by atoms with Gasteiger partial charge in [0.2, 0.25) is 0 Å². The first-order chi connectivity index (χ1) is 14.3. The lowest BCUT2D eigenvalue weighted by Crippen LogP contribution is -2.42. The minimum absolute atomic E-state index is 0.378. The third kappa shape index (κ3) is 5.23. The molecule has 0 aliphatic rings. The number of ether oxygens (including phenoxy) is 1. The van der Waals surface area contributed by atoms with Crippen LogP contribution < -0.4 is 10.6 Å². The Labute approximate surface area is 175 Å². The Morgan fingerprint density at radius 3 is 2.33 bits per heavy atom. The number of carbonyl (C=O) groups is 3. The summed E-state index contributed by atoms with van der Waals surface area (Å²) in [4.78, 5) is 37.0. The van der Waals surface area contributed by atoms with Gasteiger partial charge in [-0.15, -0.1) is 0 Å². The summed E-state index contributed by atoms with van der Waals surface area (Å²) in [5.74, 6) is -1.51. The average molecular weight is 404 g/mol. The molecule has 0 heterocycles. The number of esters is 1. The molecule has 0 bridgehead atoms. The first-order valence-corrected chi connectivity index (χ1v) is 9.71. The van der Waals surface area contributed by atoms with Crippen LogP contribution in [0.3, 0.4) is 0 Å². The van der Waals surface area contributed by atoms with Crippen LogP contribution >= 0.6 is 0 Å². The van der Waals surface area contributed by atoms with Crippen LogP contribution in [0.4, 0.5) is 5.69 Å². The van der Waals surface area contributed by atoms with E-state index < -0.39 is 24.0 Å². The van der Waals surface area contributed by atoms with Gasteiger partial charge in [0.05, 0.1) is 0 Å². The Bertz CT molecular complexity index is 1090. The molecule has 0 aromatic heterocycles. The first-order valence-electron chi connectivity index (χ1n) is 9.71. The third-order valence-corrected chi connectivity index (χ3v) is 4.66. The summed E-state index contributed by atoms with van der Waals surface area (Å²) in [6, 6.07) is 19.5. The van der Waals surface area contributed by atoms with Gasteiger partial charge in [0, 0.05) is 11.3 Å². The number of nitrogens with one attached hydrogen (secondary N) is 2. The SMILES string of the molecule is Cc1cccc(C(=O)N[C@@H](C)C(=O)O[C@H](C)C(=O)Nc2ccc3ccccc3c2)c1. The fourth-order valence-electron chi connectivity index (χ4n) is 2.97. The zero-order chi connectivity index (χ0) is 21.7. The lowest BCUT2D eigenvalue weighted by molar-refractivity contribution is -0.154. The maximum absolute atomic E-state index is 12.4. The summed E-state index contributed by atoms with van der Waals surface area (Å²) in [6.07, 6.45) is -1.01. The van der Waals surface area contributed by atoms with E-state index in [0.717, 1.165) is 16.3 Å². The minimum atomic E-state index is -1.01. The normalized spacial score (nSPS) is 12.6. The molecule has 0 radical (unpaired) electrons. The highest BCUT2D eigenvalue weighted by molar-refractivity contribution is 5.99. The van der Waals surface area contributed by atoms with E-state index in [1.807, 2.05) is 49.4 Å². The molecule has 3 aromatic rings. The molecule has 6 nitrogen and oxygen atoms in total. The van der Waals surface area contributed by atoms with E-state index >= 15 is 0 Å². The van der Waals surface area contributed by atoms with Gasteiger partial charge in [-0.3, -0.25) is 9.59 Å². The van der Waals surface area contributed by atoms with Crippen molar-refractivity contribution in [3.63, 3.8) is 0 Å². The van der Waals surface area contributed by atoms with Gasteiger partial charge in [0.15, 0.2) is 6.10 Å². The lowest BCUT2D eigenvalue weighted by Gasteiger charge is -2.18. The summed E-state index contributed by atoms with van der Waals surface area (Å²) >= 11 is 0. The molecule has 0 aliphatic heterocycles. The highest BCUT2D eigenvalue weighted by Crippen LogP contribution is 2.19. The number of amides is 2. The molecule has 154 valence electrons. The Morgan fingerprint density at radius 1 is 0.867 bits per heavy atom. The van der Waals surface area contributed by atoms with Crippen molar-refractivity contribution in [1.29, 1.82) is 0 Å². The van der Waals surface area contributed by atoms with Crippen LogP contribution in [0.15, 0.2) is 66.7 Å². The molecule has 3 rings (SSSR count). The number of carbonyl (C=O) groups excluding carboxylic acids is 3. The topological polar surface area (TPSA) is 84.5 Å². The van der Waals surface area contributed by atoms with Gasteiger partial charge >= 0.3 is 5.97 Å². The highest BCUT2D eigenvalue weighted by atomic mass is 16.5. The number of aryl methyl sites for hydroxylation is 1. The monoisotopic (exact) mass is 404 g/mol. The van der Waals surface area contributed by atoms with Gasteiger partial charge in [-0.2, -0.15) is 0 Å². The number of fused-ring (bicyclic) bond motifs is 1. The van der Waals surface area contributed by atoms with Gasteiger partial charge in [-0.05, 0) is 55.8 Å². The van der Waals surface area contributed by atoms with Crippen LogP contribution in [0.5, 0.6) is 0 Å². The Hall–Kier alpha value is -3.67. The Balaban J connectivity index is 1.55. The molecule has 2 atom stereocenters. The summed E-state index contributed by atoms with van der Waals surface area (Å²) in [6.45, 7) is 4.89. The second kappa shape index (κ2) is 9.22. The second-order valence-corrected chi connectivity index (χ2v) is 7.19. The predicted molar refractivity (Wildman–Crippen MR) is 116 cm³/mol. The first kappa shape index (κ1) is 21.0. The van der Waals surface area contributed by atoms with Gasteiger partial charge in [0.25, 0.3) is 11.8 Å². The third-order valence-electron chi connectivity index (χ3n) is 4.66. The van der Waals surface area contributed by atoms with E-state index in [-0.39, 0.29) is 5.91 Å². The van der Waals surface area contributed by atoms with Crippen molar-refractivity contribution in [2.75, 3.05) is 5.32 Å². The molecule has 0 aliphatic carbocycles. The molecule has 2 N–H and O–H groups in total. The quantitative estimate of drug-likeness (QED) is 0.612. The molecule has 6 heteroatoms. The van der Waals surface area contributed by atoms with Crippen molar-refractivity contribution in [1.82, 2.24) is 5.32 Å². The average Bonchev–Trinajstić information content (AvgIpc) is 2.73. The van der Waals surface area contributed by atoms with Crippen LogP contribution in [0, 0.1) is 6.92 Å². The number of hydrogen-bond donors (Lipinski definition) is 2. The largest absolute Gasteiger partial charge is 0.451 e. The summed E-state index contributed by atoms with van der Waals surface area (Å²) in [5, 5.41) is 7.40. The van der Waals surface area contributed by atoms with Crippen LogP contribution in [0.2, 0.25) is 0 Å². The zero-order valence-corrected chi connectivity index (χ0v) is 17.1. The van der Waals surface area contributed by atoms with E-state index in [1.54, 1.807) is 24.3 Å². The molecule has 0 fully saturated rings. The van der Waals surface area contributed by atoms with Crippen molar-refractivity contribution in [3.8, 4) is 0 Å². The smallest absolute Gasteiger partial charge is 0.329 e. The van der Waals surface area contributed by atoms with Crippen LogP contribution in [0.25, 0.3) is 10.8 Å². The van der Waals surface area contributed by atoms with Crippen LogP contribution in [-0.4, -0.2) is 29.9 Å². The molecule has 3 aromatic carbocycles. The highest BCUT2D eigenvalue weighted by Gasteiger charge is 2.23. The molecular weight excluding hydrogens is 380 g/mol. The van der Waals surface area contributed by atoms with Gasteiger partial charge < -0.3 is 15.4 Å². The Kier molecular flexibility index (Phi) is 6.47. The number of anilines is 1. The maximum atomic E-state index is 12.4. The standard InChI is InChI=1S/C24H24N2O4/c1-15-7-6-10-20(13-15)23(28)25-16(2)24(29)30-17(3)22(27)26-21-12-11-18-8-4-5-9-19(18)14-21/h4-14,16-17H,1-3H3,(H,25,28)(H,26,27)/t16-,17+/m0/s1. The van der Waals surface area contributed by atoms with Crippen molar-refractivity contribution in [2.45, 2.75) is 32.9 Å². The maximum Gasteiger partial charge on any atom is 0.329 e. The van der Waals surface area contributed by atoms with Crippen molar-refractivity contribution in [2.24, 2.45) is 0 Å². The molecule has 0 saturated carbocycles. The minimum Gasteiger partial charge on any atom is -0.451 e. The number of rotatable bonds is 6. The predicted octanol–water partition coefficient (Wildman–Crippen LogP) is 3.84. The second-order valence-electron chi connectivity index (χ2n) is 7.19. The molecule has 0 unspecified atom stereocenters.